The summed E-state index contributed by atoms with van der Waals surface area (Å²) in [6, 6.07) is 0. The van der Waals surface area contributed by atoms with Gasteiger partial charge in [0.2, 0.25) is 0 Å². The number of rotatable bonds is 5. The van der Waals surface area contributed by atoms with Gasteiger partial charge in [-0.05, 0) is 37.5 Å². The molecule has 0 spiro atoms. The van der Waals surface area contributed by atoms with Crippen molar-refractivity contribution in [1.29, 1.82) is 0 Å². The summed E-state index contributed by atoms with van der Waals surface area (Å²) >= 11 is 0. The molecule has 0 aromatic heterocycles. The summed E-state index contributed by atoms with van der Waals surface area (Å²) < 4.78 is 0. The summed E-state index contributed by atoms with van der Waals surface area (Å²) in [6.45, 7) is 4.57. The molecule has 94 valence electrons. The van der Waals surface area contributed by atoms with Crippen molar-refractivity contribution in [2.45, 2.75) is 70.3 Å². The van der Waals surface area contributed by atoms with Gasteiger partial charge < -0.3 is 11.1 Å². The van der Waals surface area contributed by atoms with Gasteiger partial charge in [-0.3, -0.25) is 0 Å². The maximum absolute atomic E-state index is 6.43. The predicted molar refractivity (Wildman–Crippen MR) is 69.4 cm³/mol. The second-order valence-electron chi connectivity index (χ2n) is 6.23. The highest BCUT2D eigenvalue weighted by Crippen LogP contribution is 2.43. The fourth-order valence-corrected chi connectivity index (χ4v) is 3.34. The summed E-state index contributed by atoms with van der Waals surface area (Å²) in [4.78, 5) is 0. The van der Waals surface area contributed by atoms with Crippen LogP contribution in [0.4, 0.5) is 0 Å². The van der Waals surface area contributed by atoms with Crippen LogP contribution in [0, 0.1) is 5.41 Å². The number of nitrogens with one attached hydrogen (secondary N) is 1. The average Bonchev–Trinajstić information content (AvgIpc) is 2.23. The molecule has 2 nitrogen and oxygen atoms in total. The van der Waals surface area contributed by atoms with Crippen LogP contribution in [0.3, 0.4) is 0 Å². The van der Waals surface area contributed by atoms with Crippen LogP contribution >= 0.6 is 0 Å². The Labute approximate surface area is 100 Å². The number of nitrogens with two attached hydrogens (primary N) is 1. The fraction of sp³-hybridized carbons (Fsp3) is 1.00. The van der Waals surface area contributed by atoms with E-state index in [0.717, 1.165) is 6.54 Å². The van der Waals surface area contributed by atoms with Gasteiger partial charge in [0.15, 0.2) is 0 Å². The molecule has 0 heterocycles. The highest BCUT2D eigenvalue weighted by Gasteiger charge is 2.35. The SMILES string of the molecule is CCC1(CNCC2(N)CCCCC2)CCC1. The van der Waals surface area contributed by atoms with Crippen molar-refractivity contribution in [3.63, 3.8) is 0 Å². The lowest BCUT2D eigenvalue weighted by atomic mass is 9.67. The molecule has 2 rings (SSSR count). The molecule has 0 saturated heterocycles. The van der Waals surface area contributed by atoms with Crippen molar-refractivity contribution in [2.24, 2.45) is 11.1 Å². The Morgan fingerprint density at radius 3 is 2.12 bits per heavy atom. The van der Waals surface area contributed by atoms with Gasteiger partial charge in [0.1, 0.15) is 0 Å². The molecule has 0 aliphatic heterocycles. The molecule has 0 bridgehead atoms. The fourth-order valence-electron chi connectivity index (χ4n) is 3.34. The lowest BCUT2D eigenvalue weighted by Gasteiger charge is -2.43. The van der Waals surface area contributed by atoms with Crippen molar-refractivity contribution in [1.82, 2.24) is 5.32 Å². The molecule has 0 aromatic rings. The van der Waals surface area contributed by atoms with E-state index < -0.39 is 0 Å². The Bertz CT molecular complexity index is 209. The first-order chi connectivity index (χ1) is 7.68. The predicted octanol–water partition coefficient (Wildman–Crippen LogP) is 2.82. The first kappa shape index (κ1) is 12.4. The quantitative estimate of drug-likeness (QED) is 0.753. The molecule has 2 aliphatic rings. The van der Waals surface area contributed by atoms with Crippen molar-refractivity contribution >= 4 is 0 Å². The maximum Gasteiger partial charge on any atom is 0.0280 e. The van der Waals surface area contributed by atoms with Crippen molar-refractivity contribution in [2.75, 3.05) is 13.1 Å². The Kier molecular flexibility index (Phi) is 3.91. The molecule has 16 heavy (non-hydrogen) atoms. The van der Waals surface area contributed by atoms with E-state index in [0.29, 0.717) is 5.41 Å². The Balaban J connectivity index is 1.70. The molecule has 2 aliphatic carbocycles. The molecule has 0 unspecified atom stereocenters. The lowest BCUT2D eigenvalue weighted by Crippen LogP contribution is -2.52. The highest BCUT2D eigenvalue weighted by molar-refractivity contribution is 4.93. The first-order valence-corrected chi connectivity index (χ1v) is 7.18. The molecular weight excluding hydrogens is 196 g/mol. The molecule has 0 amide bonds. The summed E-state index contributed by atoms with van der Waals surface area (Å²) in [6.07, 6.45) is 12.1. The van der Waals surface area contributed by atoms with Crippen LogP contribution in [0.25, 0.3) is 0 Å². The topological polar surface area (TPSA) is 38.0 Å². The molecule has 0 radical (unpaired) electrons. The zero-order valence-corrected chi connectivity index (χ0v) is 10.9. The van der Waals surface area contributed by atoms with Crippen molar-refractivity contribution in [3.8, 4) is 0 Å². The van der Waals surface area contributed by atoms with E-state index in [1.54, 1.807) is 0 Å². The Hall–Kier alpha value is -0.0800. The zero-order chi connectivity index (χ0) is 11.5. The van der Waals surface area contributed by atoms with Crippen molar-refractivity contribution < 1.29 is 0 Å². The molecule has 0 atom stereocenters. The molecule has 2 fully saturated rings. The van der Waals surface area contributed by atoms with E-state index in [4.69, 9.17) is 5.73 Å². The van der Waals surface area contributed by atoms with Crippen molar-refractivity contribution in [3.05, 3.63) is 0 Å². The summed E-state index contributed by atoms with van der Waals surface area (Å²) in [5, 5.41) is 3.66. The van der Waals surface area contributed by atoms with Crippen LogP contribution in [0.15, 0.2) is 0 Å². The van der Waals surface area contributed by atoms with Crippen LogP contribution < -0.4 is 11.1 Å². The van der Waals surface area contributed by atoms with Gasteiger partial charge in [0.05, 0.1) is 0 Å². The van der Waals surface area contributed by atoms with Gasteiger partial charge in [-0.15, -0.1) is 0 Å². The van der Waals surface area contributed by atoms with E-state index in [1.807, 2.05) is 0 Å². The lowest BCUT2D eigenvalue weighted by molar-refractivity contribution is 0.119. The minimum Gasteiger partial charge on any atom is -0.324 e. The Morgan fingerprint density at radius 1 is 0.938 bits per heavy atom. The van der Waals surface area contributed by atoms with Crippen LogP contribution in [0.2, 0.25) is 0 Å². The third-order valence-electron chi connectivity index (χ3n) is 4.99. The second kappa shape index (κ2) is 5.05. The van der Waals surface area contributed by atoms with Crippen LogP contribution in [0.5, 0.6) is 0 Å². The molecular formula is C14H28N2. The minimum absolute atomic E-state index is 0.108. The molecule has 0 aromatic carbocycles. The van der Waals surface area contributed by atoms with E-state index in [-0.39, 0.29) is 5.54 Å². The van der Waals surface area contributed by atoms with E-state index in [2.05, 4.69) is 12.2 Å². The maximum atomic E-state index is 6.43. The number of hydrogen-bond acceptors (Lipinski definition) is 2. The smallest absolute Gasteiger partial charge is 0.0280 e. The Morgan fingerprint density at radius 2 is 1.62 bits per heavy atom. The van der Waals surface area contributed by atoms with Gasteiger partial charge in [0.25, 0.3) is 0 Å². The molecule has 2 heteroatoms. The minimum atomic E-state index is 0.108. The van der Waals surface area contributed by atoms with Gasteiger partial charge in [-0.25, -0.2) is 0 Å². The van der Waals surface area contributed by atoms with Crippen LogP contribution in [-0.4, -0.2) is 18.6 Å². The summed E-state index contributed by atoms with van der Waals surface area (Å²) in [7, 11) is 0. The zero-order valence-electron chi connectivity index (χ0n) is 10.9. The van der Waals surface area contributed by atoms with E-state index >= 15 is 0 Å². The third kappa shape index (κ3) is 2.78. The van der Waals surface area contributed by atoms with E-state index in [1.165, 1.54) is 64.3 Å². The van der Waals surface area contributed by atoms with Gasteiger partial charge in [-0.1, -0.05) is 32.6 Å². The third-order valence-corrected chi connectivity index (χ3v) is 4.99. The first-order valence-electron chi connectivity index (χ1n) is 7.18. The normalized spacial score (nSPS) is 27.4. The molecule has 2 saturated carbocycles. The molecule has 3 N–H and O–H groups in total. The second-order valence-corrected chi connectivity index (χ2v) is 6.23. The standard InChI is InChI=1S/C14H28N2/c1-2-13(7-6-8-13)11-16-12-14(15)9-4-3-5-10-14/h16H,2-12,15H2,1H3. The average molecular weight is 224 g/mol. The summed E-state index contributed by atoms with van der Waals surface area (Å²) in [5.74, 6) is 0. The van der Waals surface area contributed by atoms with Gasteiger partial charge in [0, 0.05) is 18.6 Å². The van der Waals surface area contributed by atoms with Crippen LogP contribution in [-0.2, 0) is 0 Å². The monoisotopic (exact) mass is 224 g/mol. The van der Waals surface area contributed by atoms with Gasteiger partial charge in [-0.2, -0.15) is 0 Å². The van der Waals surface area contributed by atoms with Gasteiger partial charge >= 0.3 is 0 Å². The highest BCUT2D eigenvalue weighted by atomic mass is 14.9. The largest absolute Gasteiger partial charge is 0.324 e. The van der Waals surface area contributed by atoms with Crippen LogP contribution in [0.1, 0.15) is 64.7 Å². The van der Waals surface area contributed by atoms with E-state index in [9.17, 15) is 0 Å². The number of hydrogen-bond donors (Lipinski definition) is 2. The summed E-state index contributed by atoms with van der Waals surface area (Å²) in [5.41, 5.74) is 7.16.